The Balaban J connectivity index is 0.000000730. The van der Waals surface area contributed by atoms with E-state index in [9.17, 15) is 5.11 Å². The van der Waals surface area contributed by atoms with Gasteiger partial charge >= 0.3 is 0 Å². The highest BCUT2D eigenvalue weighted by Gasteiger charge is 2.11. The first-order chi connectivity index (χ1) is 12.1. The second kappa shape index (κ2) is 10.3. The summed E-state index contributed by atoms with van der Waals surface area (Å²) in [6.07, 6.45) is 6.05. The molecule has 0 aliphatic rings. The molecule has 3 rings (SSSR count). The molecule has 0 saturated heterocycles. The molecule has 0 amide bonds. The van der Waals surface area contributed by atoms with E-state index in [1.54, 1.807) is 12.4 Å². The van der Waals surface area contributed by atoms with E-state index in [2.05, 4.69) is 28.7 Å². The molecular weight excluding hydrogens is 310 g/mol. The number of hydrogen-bond acceptors (Lipinski definition) is 3. The molecule has 1 aromatic carbocycles. The molecule has 25 heavy (non-hydrogen) atoms. The van der Waals surface area contributed by atoms with E-state index in [1.165, 1.54) is 0 Å². The van der Waals surface area contributed by atoms with E-state index in [0.29, 0.717) is 6.42 Å². The molecule has 2 aromatic heterocycles. The highest BCUT2D eigenvalue weighted by molar-refractivity contribution is 5.88. The minimum atomic E-state index is -0.450. The van der Waals surface area contributed by atoms with Crippen molar-refractivity contribution in [1.29, 1.82) is 0 Å². The van der Waals surface area contributed by atoms with Gasteiger partial charge in [-0.2, -0.15) is 0 Å². The molecule has 134 valence electrons. The van der Waals surface area contributed by atoms with Crippen LogP contribution in [0.5, 0.6) is 0 Å². The summed E-state index contributed by atoms with van der Waals surface area (Å²) in [6, 6.07) is 9.76. The van der Waals surface area contributed by atoms with Crippen molar-refractivity contribution in [2.45, 2.75) is 40.2 Å². The number of H-pyrrole nitrogens is 1. The molecule has 3 aromatic rings. The van der Waals surface area contributed by atoms with Gasteiger partial charge in [-0.15, -0.1) is 0 Å². The first-order valence-corrected chi connectivity index (χ1v) is 8.79. The lowest BCUT2D eigenvalue weighted by molar-refractivity contribution is 0.369. The van der Waals surface area contributed by atoms with Gasteiger partial charge in [-0.1, -0.05) is 40.3 Å². The van der Waals surface area contributed by atoms with Crippen molar-refractivity contribution in [3.05, 3.63) is 66.8 Å². The van der Waals surface area contributed by atoms with E-state index in [1.807, 2.05) is 52.1 Å². The first kappa shape index (κ1) is 20.5. The number of hydrogen-bond donors (Lipinski definition) is 3. The van der Waals surface area contributed by atoms with Gasteiger partial charge in [0.15, 0.2) is 0 Å². The van der Waals surface area contributed by atoms with Crippen LogP contribution in [0.15, 0.2) is 61.3 Å². The largest absolute Gasteiger partial charge is 0.511 e. The van der Waals surface area contributed by atoms with Gasteiger partial charge in [0.05, 0.1) is 6.04 Å². The van der Waals surface area contributed by atoms with E-state index >= 15 is 0 Å². The van der Waals surface area contributed by atoms with Crippen LogP contribution in [0.1, 0.15) is 33.3 Å². The first-order valence-electron chi connectivity index (χ1n) is 8.79. The summed E-state index contributed by atoms with van der Waals surface area (Å²) in [4.78, 5) is 7.27. The fourth-order valence-corrected chi connectivity index (χ4v) is 2.43. The Bertz CT molecular complexity index is 778. The van der Waals surface area contributed by atoms with Gasteiger partial charge in [-0.05, 0) is 47.4 Å². The average molecular weight is 339 g/mol. The summed E-state index contributed by atoms with van der Waals surface area (Å²) in [5.74, 6) is 0.00892. The van der Waals surface area contributed by atoms with Gasteiger partial charge in [0.1, 0.15) is 5.76 Å². The summed E-state index contributed by atoms with van der Waals surface area (Å²) in [6.45, 7) is 11.5. The zero-order chi connectivity index (χ0) is 18.8. The summed E-state index contributed by atoms with van der Waals surface area (Å²) in [5.41, 5.74) is 10.3. The van der Waals surface area contributed by atoms with E-state index in [-0.39, 0.29) is 5.76 Å². The molecule has 1 atom stereocenters. The Hall–Kier alpha value is -2.59. The highest BCUT2D eigenvalue weighted by Crippen LogP contribution is 2.26. The van der Waals surface area contributed by atoms with Gasteiger partial charge in [-0.3, -0.25) is 4.98 Å². The molecule has 0 spiro atoms. The number of nitrogens with two attached hydrogens (primary N) is 1. The normalized spacial score (nSPS) is 10.9. The zero-order valence-electron chi connectivity index (χ0n) is 15.6. The zero-order valence-corrected chi connectivity index (χ0v) is 15.6. The standard InChI is InChI=1S/C17H17N3O.2C2H6/c1-11(21)16(18)9-14-10-20-17-3-2-13(8-15(14)17)12-4-6-19-7-5-12;2*1-2/h2-8,10,16,20-21H,1,9,18H2;2*1-2H3. The van der Waals surface area contributed by atoms with Crippen LogP contribution in [0.4, 0.5) is 0 Å². The molecule has 0 aliphatic carbocycles. The van der Waals surface area contributed by atoms with Crippen molar-refractivity contribution in [1.82, 2.24) is 9.97 Å². The Morgan fingerprint density at radius 3 is 2.36 bits per heavy atom. The van der Waals surface area contributed by atoms with Gasteiger partial charge in [0.2, 0.25) is 0 Å². The average Bonchev–Trinajstić information content (AvgIpc) is 3.07. The van der Waals surface area contributed by atoms with Crippen LogP contribution < -0.4 is 5.73 Å². The number of aromatic nitrogens is 2. The number of nitrogens with one attached hydrogen (secondary N) is 1. The molecule has 1 unspecified atom stereocenters. The second-order valence-electron chi connectivity index (χ2n) is 5.11. The van der Waals surface area contributed by atoms with Gasteiger partial charge in [-0.25, -0.2) is 0 Å². The summed E-state index contributed by atoms with van der Waals surface area (Å²) < 4.78 is 0. The van der Waals surface area contributed by atoms with Crippen molar-refractivity contribution in [2.24, 2.45) is 5.73 Å². The third kappa shape index (κ3) is 5.19. The molecule has 4 heteroatoms. The van der Waals surface area contributed by atoms with Crippen LogP contribution in [-0.2, 0) is 6.42 Å². The fourth-order valence-electron chi connectivity index (χ4n) is 2.43. The maximum atomic E-state index is 9.39. The lowest BCUT2D eigenvalue weighted by Gasteiger charge is -2.09. The lowest BCUT2D eigenvalue weighted by atomic mass is 10.0. The summed E-state index contributed by atoms with van der Waals surface area (Å²) >= 11 is 0. The maximum Gasteiger partial charge on any atom is 0.102 e. The smallest absolute Gasteiger partial charge is 0.102 e. The topological polar surface area (TPSA) is 74.9 Å². The number of aliphatic hydroxyl groups is 1. The molecule has 0 aliphatic heterocycles. The molecule has 4 N–H and O–H groups in total. The van der Waals surface area contributed by atoms with Crippen LogP contribution >= 0.6 is 0 Å². The molecule has 0 radical (unpaired) electrons. The Kier molecular flexibility index (Phi) is 8.44. The van der Waals surface area contributed by atoms with Crippen molar-refractivity contribution >= 4 is 10.9 Å². The number of aliphatic hydroxyl groups excluding tert-OH is 1. The summed E-state index contributed by atoms with van der Waals surface area (Å²) in [7, 11) is 0. The van der Waals surface area contributed by atoms with Crippen LogP contribution in [0, 0.1) is 0 Å². The number of fused-ring (bicyclic) bond motifs is 1. The monoisotopic (exact) mass is 339 g/mol. The number of nitrogens with zero attached hydrogens (tertiary/aromatic N) is 1. The minimum Gasteiger partial charge on any atom is -0.511 e. The Morgan fingerprint density at radius 1 is 1.12 bits per heavy atom. The van der Waals surface area contributed by atoms with Gasteiger partial charge < -0.3 is 15.8 Å². The maximum absolute atomic E-state index is 9.39. The predicted molar refractivity (Wildman–Crippen MR) is 108 cm³/mol. The van der Waals surface area contributed by atoms with Crippen molar-refractivity contribution < 1.29 is 5.11 Å². The van der Waals surface area contributed by atoms with Crippen molar-refractivity contribution in [3.63, 3.8) is 0 Å². The van der Waals surface area contributed by atoms with Crippen LogP contribution in [0.2, 0.25) is 0 Å². The lowest BCUT2D eigenvalue weighted by Crippen LogP contribution is -2.24. The molecule has 0 fully saturated rings. The van der Waals surface area contributed by atoms with Gasteiger partial charge in [0.25, 0.3) is 0 Å². The third-order valence-electron chi connectivity index (χ3n) is 3.65. The molecule has 2 heterocycles. The predicted octanol–water partition coefficient (Wildman–Crippen LogP) is 5.22. The van der Waals surface area contributed by atoms with Crippen LogP contribution in [0.25, 0.3) is 22.0 Å². The van der Waals surface area contributed by atoms with Crippen molar-refractivity contribution in [2.75, 3.05) is 0 Å². The Morgan fingerprint density at radius 2 is 1.76 bits per heavy atom. The summed E-state index contributed by atoms with van der Waals surface area (Å²) in [5, 5.41) is 10.5. The highest BCUT2D eigenvalue weighted by atomic mass is 16.3. The molecular formula is C21H29N3O. The van der Waals surface area contributed by atoms with E-state index in [0.717, 1.165) is 27.6 Å². The molecule has 4 nitrogen and oxygen atoms in total. The van der Waals surface area contributed by atoms with Crippen LogP contribution in [0.3, 0.4) is 0 Å². The number of benzene rings is 1. The van der Waals surface area contributed by atoms with E-state index < -0.39 is 6.04 Å². The number of aromatic amines is 1. The van der Waals surface area contributed by atoms with Crippen LogP contribution in [-0.4, -0.2) is 21.1 Å². The van der Waals surface area contributed by atoms with E-state index in [4.69, 9.17) is 5.73 Å². The minimum absolute atomic E-state index is 0.00892. The fraction of sp³-hybridized carbons (Fsp3) is 0.286. The Labute approximate surface area is 150 Å². The molecule has 0 saturated carbocycles. The number of rotatable bonds is 4. The second-order valence-corrected chi connectivity index (χ2v) is 5.11. The van der Waals surface area contributed by atoms with Crippen molar-refractivity contribution in [3.8, 4) is 11.1 Å². The van der Waals surface area contributed by atoms with Gasteiger partial charge in [0, 0.05) is 29.5 Å². The third-order valence-corrected chi connectivity index (χ3v) is 3.65. The quantitative estimate of drug-likeness (QED) is 0.570. The molecule has 0 bridgehead atoms. The SMILES string of the molecule is C=C(O)C(N)Cc1c[nH]c2ccc(-c3ccncc3)cc12.CC.CC. The number of pyridine rings is 1.